The van der Waals surface area contributed by atoms with E-state index >= 15 is 0 Å². The van der Waals surface area contributed by atoms with Gasteiger partial charge in [-0.15, -0.1) is 81.2 Å². The van der Waals surface area contributed by atoms with E-state index in [0.29, 0.717) is 0 Å². The van der Waals surface area contributed by atoms with Gasteiger partial charge in [-0.3, -0.25) is 0 Å². The van der Waals surface area contributed by atoms with Crippen LogP contribution in [0.2, 0.25) is 0 Å². The van der Waals surface area contributed by atoms with E-state index in [0.717, 1.165) is 0 Å². The minimum Gasteiger partial charge on any atom is -0.346 e. The van der Waals surface area contributed by atoms with Crippen molar-refractivity contribution < 1.29 is 25.8 Å². The molecule has 0 aliphatic rings. The van der Waals surface area contributed by atoms with Gasteiger partial charge in [0.25, 0.3) is 0 Å². The van der Waals surface area contributed by atoms with Gasteiger partial charge in [0.05, 0.1) is 0 Å². The van der Waals surface area contributed by atoms with E-state index < -0.39 is 0 Å². The first-order valence-corrected chi connectivity index (χ1v) is 8.52. The normalized spacial score (nSPS) is 9.68. The molecule has 0 aromatic heterocycles. The van der Waals surface area contributed by atoms with Crippen molar-refractivity contribution in [2.24, 2.45) is 0 Å². The van der Waals surface area contributed by atoms with Crippen LogP contribution in [0.25, 0.3) is 21.5 Å². The van der Waals surface area contributed by atoms with Crippen molar-refractivity contribution in [3.8, 4) is 0 Å². The predicted molar refractivity (Wildman–Crippen MR) is 109 cm³/mol. The number of benzene rings is 2. The van der Waals surface area contributed by atoms with Crippen LogP contribution in [0.4, 0.5) is 0 Å². The SMILES string of the molecule is Cc1[cH-]c2ccccc2c1C.Cc1[cH-]c2ccccc2c1C.[CH2-]C.[Hf]. The molecule has 0 atom stereocenters. The minimum atomic E-state index is 0. The third-order valence-corrected chi connectivity index (χ3v) is 4.66. The van der Waals surface area contributed by atoms with Crippen LogP contribution < -0.4 is 0 Å². The second kappa shape index (κ2) is 9.87. The Bertz CT molecular complexity index is 844. The number of hydrogen-bond acceptors (Lipinski definition) is 0. The molecule has 0 bridgehead atoms. The van der Waals surface area contributed by atoms with Gasteiger partial charge in [0, 0.05) is 25.8 Å². The number of rotatable bonds is 0. The van der Waals surface area contributed by atoms with Gasteiger partial charge in [-0.1, -0.05) is 39.8 Å². The maximum atomic E-state index is 3.25. The topological polar surface area (TPSA) is 0 Å². The summed E-state index contributed by atoms with van der Waals surface area (Å²) in [7, 11) is 0. The molecule has 4 rings (SSSR count). The van der Waals surface area contributed by atoms with Crippen molar-refractivity contribution in [3.05, 3.63) is 89.8 Å². The van der Waals surface area contributed by atoms with Crippen LogP contribution in [0.1, 0.15) is 29.2 Å². The first-order valence-electron chi connectivity index (χ1n) is 8.52. The molecule has 4 aromatic carbocycles. The zero-order valence-corrected chi connectivity index (χ0v) is 19.6. The standard InChI is InChI=1S/2C11H11.C2H5.Hf/c2*1-8-7-10-5-3-4-6-11(10)9(8)2;1-2;/h2*3-7H,1-2H3;1H2,2H3;/q3*-1;. The maximum Gasteiger partial charge on any atom is 0 e. The van der Waals surface area contributed by atoms with Gasteiger partial charge in [-0.2, -0.15) is 18.1 Å². The molecule has 0 saturated carbocycles. The third kappa shape index (κ3) is 4.79. The van der Waals surface area contributed by atoms with Gasteiger partial charge in [0.2, 0.25) is 0 Å². The Hall–Kier alpha value is -1.47. The summed E-state index contributed by atoms with van der Waals surface area (Å²) in [6, 6.07) is 21.5. The summed E-state index contributed by atoms with van der Waals surface area (Å²) in [6.07, 6.45) is 0. The molecule has 25 heavy (non-hydrogen) atoms. The second-order valence-electron chi connectivity index (χ2n) is 6.08. The first kappa shape index (κ1) is 21.6. The van der Waals surface area contributed by atoms with Gasteiger partial charge in [0.1, 0.15) is 0 Å². The zero-order chi connectivity index (χ0) is 17.7. The van der Waals surface area contributed by atoms with Crippen LogP contribution in [-0.2, 0) is 25.8 Å². The molecule has 0 N–H and O–H groups in total. The van der Waals surface area contributed by atoms with Crippen molar-refractivity contribution in [1.29, 1.82) is 0 Å². The molecule has 4 aromatic rings. The van der Waals surface area contributed by atoms with Crippen LogP contribution >= 0.6 is 0 Å². The largest absolute Gasteiger partial charge is 0.346 e. The van der Waals surface area contributed by atoms with E-state index in [4.69, 9.17) is 0 Å². The molecular formula is C24H27Hf-3. The minimum absolute atomic E-state index is 0. The fourth-order valence-corrected chi connectivity index (χ4v) is 3.04. The van der Waals surface area contributed by atoms with Gasteiger partial charge < -0.3 is 6.92 Å². The van der Waals surface area contributed by atoms with Crippen molar-refractivity contribution in [1.82, 2.24) is 0 Å². The summed E-state index contributed by atoms with van der Waals surface area (Å²) in [5.74, 6) is 0. The summed E-state index contributed by atoms with van der Waals surface area (Å²) in [5.41, 5.74) is 5.62. The average molecular weight is 494 g/mol. The van der Waals surface area contributed by atoms with Crippen LogP contribution in [0.15, 0.2) is 60.7 Å². The van der Waals surface area contributed by atoms with E-state index in [1.165, 1.54) is 43.8 Å². The molecule has 0 spiro atoms. The van der Waals surface area contributed by atoms with E-state index in [1.54, 1.807) is 6.92 Å². The average Bonchev–Trinajstić information content (AvgIpc) is 3.07. The maximum absolute atomic E-state index is 3.25. The molecular weight excluding hydrogens is 467 g/mol. The van der Waals surface area contributed by atoms with E-state index in [1.807, 2.05) is 0 Å². The molecule has 0 heterocycles. The van der Waals surface area contributed by atoms with Crippen LogP contribution in [0, 0.1) is 34.6 Å². The quantitative estimate of drug-likeness (QED) is 0.180. The monoisotopic (exact) mass is 495 g/mol. The Morgan fingerprint density at radius 3 is 1.24 bits per heavy atom. The molecule has 0 radical (unpaired) electrons. The number of fused-ring (bicyclic) bond motifs is 2. The number of aryl methyl sites for hydroxylation is 4. The van der Waals surface area contributed by atoms with Gasteiger partial charge in [-0.05, 0) is 0 Å². The molecule has 0 aliphatic heterocycles. The van der Waals surface area contributed by atoms with Gasteiger partial charge >= 0.3 is 0 Å². The second-order valence-corrected chi connectivity index (χ2v) is 6.08. The Morgan fingerprint density at radius 2 is 0.920 bits per heavy atom. The Balaban J connectivity index is 0.000000220. The van der Waals surface area contributed by atoms with Crippen molar-refractivity contribution in [2.75, 3.05) is 0 Å². The van der Waals surface area contributed by atoms with Crippen molar-refractivity contribution in [3.63, 3.8) is 0 Å². The smallest absolute Gasteiger partial charge is 0 e. The zero-order valence-electron chi connectivity index (χ0n) is 16.0. The molecule has 0 saturated heterocycles. The molecule has 1 heteroatoms. The molecule has 0 amide bonds. The van der Waals surface area contributed by atoms with E-state index in [9.17, 15) is 0 Å². The Kier molecular flexibility index (Phi) is 8.52. The molecule has 0 unspecified atom stereocenters. The predicted octanol–water partition coefficient (Wildman–Crippen LogP) is 7.19. The Labute approximate surface area is 171 Å². The first-order chi connectivity index (χ1) is 11.6. The van der Waals surface area contributed by atoms with Gasteiger partial charge in [-0.25, -0.2) is 0 Å². The third-order valence-electron chi connectivity index (χ3n) is 4.66. The van der Waals surface area contributed by atoms with Crippen LogP contribution in [-0.4, -0.2) is 0 Å². The van der Waals surface area contributed by atoms with Crippen LogP contribution in [0.5, 0.6) is 0 Å². The summed E-state index contributed by atoms with van der Waals surface area (Å²) in [5, 5.41) is 5.51. The Morgan fingerprint density at radius 1 is 0.600 bits per heavy atom. The molecule has 0 aliphatic carbocycles. The molecule has 0 fully saturated rings. The van der Waals surface area contributed by atoms with Gasteiger partial charge in [0.15, 0.2) is 0 Å². The van der Waals surface area contributed by atoms with E-state index in [-0.39, 0.29) is 25.8 Å². The molecule has 130 valence electrons. The summed E-state index contributed by atoms with van der Waals surface area (Å²) >= 11 is 0. The van der Waals surface area contributed by atoms with Crippen molar-refractivity contribution in [2.45, 2.75) is 34.6 Å². The van der Waals surface area contributed by atoms with E-state index in [2.05, 4.69) is 95.3 Å². The molecule has 0 nitrogen and oxygen atoms in total. The summed E-state index contributed by atoms with van der Waals surface area (Å²) in [4.78, 5) is 0. The summed E-state index contributed by atoms with van der Waals surface area (Å²) in [6.45, 7) is 13.7. The fourth-order valence-electron chi connectivity index (χ4n) is 3.04. The number of hydrogen-bond donors (Lipinski definition) is 0. The van der Waals surface area contributed by atoms with Crippen LogP contribution in [0.3, 0.4) is 0 Å². The summed E-state index contributed by atoms with van der Waals surface area (Å²) < 4.78 is 0. The van der Waals surface area contributed by atoms with Crippen molar-refractivity contribution >= 4 is 21.5 Å². The fraction of sp³-hybridized carbons (Fsp3) is 0.208.